The summed E-state index contributed by atoms with van der Waals surface area (Å²) in [6.45, 7) is 2.09. The summed E-state index contributed by atoms with van der Waals surface area (Å²) in [5.74, 6) is 1.26. The fraction of sp³-hybridized carbons (Fsp3) is 0.448. The summed E-state index contributed by atoms with van der Waals surface area (Å²) in [5.41, 5.74) is 3.75. The van der Waals surface area contributed by atoms with Crippen LogP contribution in [-0.2, 0) is 27.3 Å². The number of carbonyl (C=O) groups excluding carboxylic acids is 2. The van der Waals surface area contributed by atoms with E-state index in [9.17, 15) is 9.59 Å². The first-order valence-corrected chi connectivity index (χ1v) is 13.1. The van der Waals surface area contributed by atoms with Crippen molar-refractivity contribution in [3.63, 3.8) is 0 Å². The Morgan fingerprint density at radius 1 is 1.14 bits per heavy atom. The minimum Gasteiger partial charge on any atom is -0.497 e. The third kappa shape index (κ3) is 5.39. The molecule has 2 aromatic carbocycles. The molecule has 2 aliphatic heterocycles. The Morgan fingerprint density at radius 3 is 2.81 bits per heavy atom. The van der Waals surface area contributed by atoms with Crippen LogP contribution >= 0.6 is 11.6 Å². The number of methoxy groups -OCH3 is 1. The summed E-state index contributed by atoms with van der Waals surface area (Å²) in [5, 5.41) is 0.739. The predicted molar refractivity (Wildman–Crippen MR) is 139 cm³/mol. The molecule has 0 bridgehead atoms. The van der Waals surface area contributed by atoms with Crippen LogP contribution in [0.5, 0.6) is 5.75 Å². The van der Waals surface area contributed by atoms with Crippen LogP contribution < -0.4 is 9.64 Å². The number of esters is 1. The molecule has 0 unspecified atom stereocenters. The lowest BCUT2D eigenvalue weighted by Crippen LogP contribution is -2.45. The SMILES string of the molecule is COC(=O)c1ccc2c(c1)N(C[C@@H]1CC[C@H]1[C@@H]1CC(=O)C=CO1)CCCCc1cc(Cl)ccc1CO2. The van der Waals surface area contributed by atoms with Crippen LogP contribution in [0, 0.1) is 11.8 Å². The van der Waals surface area contributed by atoms with Gasteiger partial charge in [-0.15, -0.1) is 0 Å². The number of ketones is 1. The second kappa shape index (κ2) is 11.0. The number of fused-ring (bicyclic) bond motifs is 2. The van der Waals surface area contributed by atoms with Gasteiger partial charge in [-0.05, 0) is 79.5 Å². The van der Waals surface area contributed by atoms with Crippen molar-refractivity contribution in [2.75, 3.05) is 25.1 Å². The molecule has 0 saturated heterocycles. The molecule has 0 N–H and O–H groups in total. The van der Waals surface area contributed by atoms with E-state index in [0.717, 1.165) is 67.2 Å². The second-order valence-electron chi connectivity index (χ2n) is 9.93. The van der Waals surface area contributed by atoms with Crippen LogP contribution in [0.15, 0.2) is 48.7 Å². The Labute approximate surface area is 217 Å². The van der Waals surface area contributed by atoms with Crippen molar-refractivity contribution >= 4 is 29.0 Å². The van der Waals surface area contributed by atoms with Gasteiger partial charge in [-0.3, -0.25) is 4.79 Å². The minimum absolute atomic E-state index is 0.0541. The highest BCUT2D eigenvalue weighted by molar-refractivity contribution is 6.30. The number of halogens is 1. The molecule has 2 heterocycles. The molecule has 0 radical (unpaired) electrons. The Hall–Kier alpha value is -2.99. The quantitative estimate of drug-likeness (QED) is 0.489. The van der Waals surface area contributed by atoms with E-state index < -0.39 is 0 Å². The third-order valence-electron chi connectivity index (χ3n) is 7.71. The summed E-state index contributed by atoms with van der Waals surface area (Å²) >= 11 is 6.28. The van der Waals surface area contributed by atoms with Gasteiger partial charge >= 0.3 is 5.97 Å². The van der Waals surface area contributed by atoms with Gasteiger partial charge in [0.1, 0.15) is 18.5 Å². The zero-order valence-corrected chi connectivity index (χ0v) is 21.3. The van der Waals surface area contributed by atoms with E-state index in [1.54, 1.807) is 12.3 Å². The van der Waals surface area contributed by atoms with Gasteiger partial charge in [0.05, 0.1) is 24.6 Å². The predicted octanol–water partition coefficient (Wildman–Crippen LogP) is 5.75. The smallest absolute Gasteiger partial charge is 0.337 e. The highest BCUT2D eigenvalue weighted by Gasteiger charge is 2.40. The summed E-state index contributed by atoms with van der Waals surface area (Å²) < 4.78 is 17.2. The maximum Gasteiger partial charge on any atom is 0.337 e. The van der Waals surface area contributed by atoms with Crippen LogP contribution in [0.4, 0.5) is 5.69 Å². The Bertz CT molecular complexity index is 1160. The molecule has 36 heavy (non-hydrogen) atoms. The zero-order chi connectivity index (χ0) is 25.1. The number of rotatable bonds is 4. The van der Waals surface area contributed by atoms with Gasteiger partial charge in [-0.2, -0.15) is 0 Å². The molecule has 0 spiro atoms. The standard InChI is InChI=1S/C29H32ClNO5/c1-34-29(33)20-7-10-27-26(15-20)31(17-21-6-9-25(21)28-16-24(32)11-13-35-28)12-3-2-4-19-14-23(30)8-5-22(19)18-36-27/h5,7-8,10-11,13-15,21,25,28H,2-4,6,9,12,16-18H2,1H3/t21-,25+,28-/m0/s1. The number of anilines is 1. The summed E-state index contributed by atoms with van der Waals surface area (Å²) in [6.07, 6.45) is 8.57. The lowest BCUT2D eigenvalue weighted by molar-refractivity contribution is -0.120. The second-order valence-corrected chi connectivity index (χ2v) is 10.4. The number of hydrogen-bond donors (Lipinski definition) is 0. The average Bonchev–Trinajstić information content (AvgIpc) is 2.89. The molecule has 1 saturated carbocycles. The average molecular weight is 510 g/mol. The zero-order valence-electron chi connectivity index (χ0n) is 20.6. The molecule has 1 aliphatic carbocycles. The normalized spacial score (nSPS) is 23.8. The van der Waals surface area contributed by atoms with Gasteiger partial charge < -0.3 is 19.1 Å². The maximum absolute atomic E-state index is 12.4. The van der Waals surface area contributed by atoms with Gasteiger partial charge in [-0.25, -0.2) is 4.79 Å². The monoisotopic (exact) mass is 509 g/mol. The number of ether oxygens (including phenoxy) is 3. The van der Waals surface area contributed by atoms with Crippen LogP contribution in [0.25, 0.3) is 0 Å². The third-order valence-corrected chi connectivity index (χ3v) is 7.95. The first-order valence-electron chi connectivity index (χ1n) is 12.7. The number of hydrogen-bond acceptors (Lipinski definition) is 6. The molecule has 0 aromatic heterocycles. The summed E-state index contributed by atoms with van der Waals surface area (Å²) in [6, 6.07) is 11.5. The van der Waals surface area contributed by atoms with Crippen LogP contribution in [0.2, 0.25) is 5.02 Å². The molecule has 1 fully saturated rings. The van der Waals surface area contributed by atoms with E-state index in [1.165, 1.54) is 18.7 Å². The van der Waals surface area contributed by atoms with E-state index in [1.807, 2.05) is 30.3 Å². The molecule has 0 amide bonds. The van der Waals surface area contributed by atoms with Gasteiger partial charge in [0.2, 0.25) is 0 Å². The number of aryl methyl sites for hydroxylation is 1. The van der Waals surface area contributed by atoms with Crippen LogP contribution in [-0.4, -0.2) is 38.1 Å². The molecular weight excluding hydrogens is 478 g/mol. The van der Waals surface area contributed by atoms with E-state index in [4.69, 9.17) is 25.8 Å². The number of benzene rings is 2. The van der Waals surface area contributed by atoms with E-state index in [-0.39, 0.29) is 17.9 Å². The van der Waals surface area contributed by atoms with Crippen molar-refractivity contribution < 1.29 is 23.8 Å². The van der Waals surface area contributed by atoms with Crippen molar-refractivity contribution in [1.29, 1.82) is 0 Å². The van der Waals surface area contributed by atoms with E-state index in [0.29, 0.717) is 30.4 Å². The first-order chi connectivity index (χ1) is 17.5. The lowest BCUT2D eigenvalue weighted by Gasteiger charge is -2.44. The van der Waals surface area contributed by atoms with Gasteiger partial charge in [0.25, 0.3) is 0 Å². The Morgan fingerprint density at radius 2 is 2.03 bits per heavy atom. The highest BCUT2D eigenvalue weighted by atomic mass is 35.5. The molecule has 190 valence electrons. The fourth-order valence-corrected chi connectivity index (χ4v) is 5.75. The van der Waals surface area contributed by atoms with Crippen LogP contribution in [0.1, 0.15) is 53.6 Å². The van der Waals surface area contributed by atoms with Gasteiger partial charge in [0, 0.05) is 36.5 Å². The molecule has 7 heteroatoms. The van der Waals surface area contributed by atoms with Gasteiger partial charge in [-0.1, -0.05) is 17.7 Å². The van der Waals surface area contributed by atoms with Crippen molar-refractivity contribution in [3.05, 3.63) is 70.4 Å². The molecular formula is C29H32ClNO5. The van der Waals surface area contributed by atoms with Crippen molar-refractivity contribution in [3.8, 4) is 5.75 Å². The molecule has 6 nitrogen and oxygen atoms in total. The number of carbonyl (C=O) groups is 2. The van der Waals surface area contributed by atoms with E-state index >= 15 is 0 Å². The molecule has 3 aliphatic rings. The first kappa shape index (κ1) is 24.7. The molecule has 5 rings (SSSR count). The van der Waals surface area contributed by atoms with Gasteiger partial charge in [0.15, 0.2) is 5.78 Å². The van der Waals surface area contributed by atoms with Crippen molar-refractivity contribution in [2.45, 2.75) is 51.2 Å². The Kier molecular flexibility index (Phi) is 7.51. The lowest BCUT2D eigenvalue weighted by atomic mass is 9.69. The summed E-state index contributed by atoms with van der Waals surface area (Å²) in [4.78, 5) is 26.7. The highest BCUT2D eigenvalue weighted by Crippen LogP contribution is 2.42. The largest absolute Gasteiger partial charge is 0.497 e. The Balaban J connectivity index is 1.42. The van der Waals surface area contributed by atoms with Crippen molar-refractivity contribution in [1.82, 2.24) is 0 Å². The number of allylic oxidation sites excluding steroid dienone is 1. The minimum atomic E-state index is -0.366. The van der Waals surface area contributed by atoms with E-state index in [2.05, 4.69) is 4.90 Å². The van der Waals surface area contributed by atoms with Crippen molar-refractivity contribution in [2.24, 2.45) is 11.8 Å². The molecule has 3 atom stereocenters. The van der Waals surface area contributed by atoms with Crippen LogP contribution in [0.3, 0.4) is 0 Å². The number of nitrogens with zero attached hydrogens (tertiary/aromatic N) is 1. The molecule has 2 aromatic rings. The summed E-state index contributed by atoms with van der Waals surface area (Å²) in [7, 11) is 1.40. The fourth-order valence-electron chi connectivity index (χ4n) is 5.56. The topological polar surface area (TPSA) is 65.1 Å². The maximum atomic E-state index is 12.4.